The molecule has 1 aromatic carbocycles. The van der Waals surface area contributed by atoms with Crippen molar-refractivity contribution >= 4 is 31.6 Å². The van der Waals surface area contributed by atoms with Gasteiger partial charge in [-0.05, 0) is 79.0 Å². The van der Waals surface area contributed by atoms with Crippen molar-refractivity contribution in [2.75, 3.05) is 38.1 Å². The van der Waals surface area contributed by atoms with Crippen LogP contribution in [0.15, 0.2) is 37.0 Å². The first-order chi connectivity index (χ1) is 23.0. The molecule has 4 atom stereocenters. The molecule has 1 amide bonds. The number of anilines is 1. The van der Waals surface area contributed by atoms with Gasteiger partial charge >= 0.3 is 0 Å². The third-order valence-electron chi connectivity index (χ3n) is 8.61. The summed E-state index contributed by atoms with van der Waals surface area (Å²) in [5, 5.41) is 17.8. The molecular weight excluding hydrogens is 679 g/mol. The summed E-state index contributed by atoms with van der Waals surface area (Å²) in [6, 6.07) is 3.80. The maximum absolute atomic E-state index is 14.4. The second-order valence-corrected chi connectivity index (χ2v) is 16.3. The number of benzene rings is 1. The van der Waals surface area contributed by atoms with E-state index in [9.17, 15) is 26.7 Å². The molecule has 17 heteroatoms. The first-order valence-electron chi connectivity index (χ1n) is 16.2. The summed E-state index contributed by atoms with van der Waals surface area (Å²) in [4.78, 5) is 15.8. The minimum Gasteiger partial charge on any atom is -0.490 e. The Morgan fingerprint density at radius 2 is 1.65 bits per heavy atom. The fourth-order valence-corrected chi connectivity index (χ4v) is 8.71. The second-order valence-electron chi connectivity index (χ2n) is 12.7. The molecule has 272 valence electrons. The first-order valence-corrected chi connectivity index (χ1v) is 19.1. The van der Waals surface area contributed by atoms with E-state index in [0.29, 0.717) is 19.4 Å². The molecule has 49 heavy (non-hydrogen) atoms. The standard InChI is InChI=1S/C32H47N5O10S2/c1-19-16-37(20(2)18-38)32(39)27-15-26(35-48(40,41)30-22(4)33-46-24(30)6)12-13-28(27)45-21(3)11-9-10-14-44-29(19)17-36(8)49(42,43)31-23(5)34-47-25(31)7/h12-13,15,19-21,29,35,38H,9-11,14,16-18H2,1-8H3/t19-,20+,21+,29+/m0/s1. The average Bonchev–Trinajstić information content (AvgIpc) is 3.57. The lowest BCUT2D eigenvalue weighted by Gasteiger charge is -2.35. The number of hydrogen-bond acceptors (Lipinski definition) is 12. The zero-order chi connectivity index (χ0) is 36.3. The van der Waals surface area contributed by atoms with Crippen molar-refractivity contribution in [1.82, 2.24) is 19.5 Å². The fourth-order valence-electron chi connectivity index (χ4n) is 5.86. The van der Waals surface area contributed by atoms with E-state index in [2.05, 4.69) is 15.0 Å². The van der Waals surface area contributed by atoms with Gasteiger partial charge in [0.1, 0.15) is 22.0 Å². The molecule has 1 aliphatic heterocycles. The van der Waals surface area contributed by atoms with Crippen LogP contribution >= 0.6 is 0 Å². The zero-order valence-electron chi connectivity index (χ0n) is 29.2. The van der Waals surface area contributed by atoms with E-state index < -0.39 is 44.0 Å². The van der Waals surface area contributed by atoms with Crippen LogP contribution in [0.5, 0.6) is 5.75 Å². The zero-order valence-corrected chi connectivity index (χ0v) is 30.9. The number of nitrogens with zero attached hydrogens (tertiary/aromatic N) is 4. The highest BCUT2D eigenvalue weighted by Gasteiger charge is 2.35. The van der Waals surface area contributed by atoms with Crippen LogP contribution in [0.25, 0.3) is 0 Å². The maximum atomic E-state index is 14.4. The molecule has 0 bridgehead atoms. The highest BCUT2D eigenvalue weighted by molar-refractivity contribution is 7.92. The Morgan fingerprint density at radius 1 is 1.02 bits per heavy atom. The third-order valence-corrected chi connectivity index (χ3v) is 12.3. The molecule has 2 N–H and O–H groups in total. The molecule has 0 unspecified atom stereocenters. The smallest absolute Gasteiger partial charge is 0.267 e. The number of rotatable bonds is 9. The van der Waals surface area contributed by atoms with E-state index in [4.69, 9.17) is 18.5 Å². The van der Waals surface area contributed by atoms with Crippen molar-refractivity contribution in [3.63, 3.8) is 0 Å². The minimum absolute atomic E-state index is 0.000582. The number of aliphatic hydroxyl groups excluding tert-OH is 1. The summed E-state index contributed by atoms with van der Waals surface area (Å²) < 4.78 is 80.2. The van der Waals surface area contributed by atoms with E-state index in [1.54, 1.807) is 19.9 Å². The number of nitrogens with one attached hydrogen (secondary N) is 1. The van der Waals surface area contributed by atoms with Gasteiger partial charge in [0.05, 0.1) is 30.4 Å². The number of likely N-dealkylation sites (N-methyl/N-ethyl adjacent to an activating group) is 1. The number of carbonyl (C=O) groups excluding carboxylic acids is 1. The number of aromatic nitrogens is 2. The quantitative estimate of drug-likeness (QED) is 0.324. The number of fused-ring (bicyclic) bond motifs is 1. The topological polar surface area (TPSA) is 195 Å². The minimum atomic E-state index is -4.12. The van der Waals surface area contributed by atoms with E-state index in [1.807, 2.05) is 13.8 Å². The van der Waals surface area contributed by atoms with Crippen molar-refractivity contribution in [2.24, 2.45) is 5.92 Å². The Balaban J connectivity index is 1.70. The summed E-state index contributed by atoms with van der Waals surface area (Å²) >= 11 is 0. The van der Waals surface area contributed by atoms with Crippen LogP contribution in [-0.2, 0) is 24.8 Å². The fraction of sp³-hybridized carbons (Fsp3) is 0.594. The van der Waals surface area contributed by atoms with Crippen LogP contribution in [0.4, 0.5) is 5.69 Å². The molecule has 2 aromatic heterocycles. The van der Waals surface area contributed by atoms with Crippen molar-refractivity contribution in [3.8, 4) is 5.75 Å². The molecule has 3 heterocycles. The van der Waals surface area contributed by atoms with Gasteiger partial charge in [0, 0.05) is 38.3 Å². The number of ether oxygens (including phenoxy) is 2. The van der Waals surface area contributed by atoms with Crippen molar-refractivity contribution in [3.05, 3.63) is 46.7 Å². The molecule has 0 spiro atoms. The van der Waals surface area contributed by atoms with Gasteiger partial charge in [-0.25, -0.2) is 16.8 Å². The molecule has 0 saturated carbocycles. The predicted octanol–water partition coefficient (Wildman–Crippen LogP) is 3.81. The van der Waals surface area contributed by atoms with Gasteiger partial charge < -0.3 is 28.5 Å². The average molecular weight is 726 g/mol. The van der Waals surface area contributed by atoms with Crippen LogP contribution in [0.3, 0.4) is 0 Å². The molecule has 0 aliphatic carbocycles. The SMILES string of the molecule is Cc1noc(C)c1S(=O)(=O)Nc1ccc2c(c1)C(=O)N([C@H](C)CO)C[C@H](C)[C@@H](CN(C)S(=O)(=O)c1c(C)noc1C)OCCCC[C@@H](C)O2. The Labute approximate surface area is 288 Å². The van der Waals surface area contributed by atoms with E-state index >= 15 is 0 Å². The highest BCUT2D eigenvalue weighted by atomic mass is 32.2. The first kappa shape index (κ1) is 38.3. The van der Waals surface area contributed by atoms with Gasteiger partial charge in [-0.3, -0.25) is 9.52 Å². The molecular formula is C32H47N5O10S2. The van der Waals surface area contributed by atoms with E-state index in [1.165, 1.54) is 49.2 Å². The number of hydrogen-bond donors (Lipinski definition) is 2. The number of aliphatic hydroxyl groups is 1. The molecule has 1 aliphatic rings. The number of carbonyl (C=O) groups is 1. The van der Waals surface area contributed by atoms with Gasteiger partial charge in [0.15, 0.2) is 16.4 Å². The molecule has 15 nitrogen and oxygen atoms in total. The Kier molecular flexibility index (Phi) is 12.2. The molecule has 0 radical (unpaired) electrons. The normalized spacial score (nSPS) is 20.8. The summed E-state index contributed by atoms with van der Waals surface area (Å²) in [5.74, 6) is -0.360. The largest absolute Gasteiger partial charge is 0.490 e. The molecule has 3 aromatic rings. The second kappa shape index (κ2) is 15.6. The summed E-state index contributed by atoms with van der Waals surface area (Å²) in [6.07, 6.45) is 1.12. The number of aryl methyl sites for hydroxylation is 4. The van der Waals surface area contributed by atoms with Gasteiger partial charge in [0.2, 0.25) is 10.0 Å². The number of amides is 1. The Hall–Kier alpha value is -3.51. The lowest BCUT2D eigenvalue weighted by Crippen LogP contribution is -2.48. The Bertz CT molecular complexity index is 1800. The molecule has 0 fully saturated rings. The molecule has 4 rings (SSSR count). The number of sulfonamides is 2. The maximum Gasteiger partial charge on any atom is 0.267 e. The monoisotopic (exact) mass is 725 g/mol. The van der Waals surface area contributed by atoms with Gasteiger partial charge in [-0.15, -0.1) is 0 Å². The van der Waals surface area contributed by atoms with E-state index in [-0.39, 0.29) is 75.5 Å². The van der Waals surface area contributed by atoms with Crippen molar-refractivity contribution in [1.29, 1.82) is 0 Å². The van der Waals surface area contributed by atoms with Crippen LogP contribution in [0, 0.1) is 33.6 Å². The van der Waals surface area contributed by atoms with Crippen LogP contribution in [0.2, 0.25) is 0 Å². The molecule has 0 saturated heterocycles. The van der Waals surface area contributed by atoms with Crippen LogP contribution in [0.1, 0.15) is 73.3 Å². The summed E-state index contributed by atoms with van der Waals surface area (Å²) in [5.41, 5.74) is 0.643. The lowest BCUT2D eigenvalue weighted by atomic mass is 10.0. The third kappa shape index (κ3) is 8.63. The van der Waals surface area contributed by atoms with Gasteiger partial charge in [-0.1, -0.05) is 17.2 Å². The predicted molar refractivity (Wildman–Crippen MR) is 179 cm³/mol. The van der Waals surface area contributed by atoms with Gasteiger partial charge in [-0.2, -0.15) is 4.31 Å². The lowest BCUT2D eigenvalue weighted by molar-refractivity contribution is -0.00835. The van der Waals surface area contributed by atoms with Gasteiger partial charge in [0.25, 0.3) is 15.9 Å². The Morgan fingerprint density at radius 3 is 2.24 bits per heavy atom. The van der Waals surface area contributed by atoms with Crippen molar-refractivity contribution in [2.45, 2.75) is 95.8 Å². The highest BCUT2D eigenvalue weighted by Crippen LogP contribution is 2.31. The van der Waals surface area contributed by atoms with E-state index in [0.717, 1.165) is 6.42 Å². The van der Waals surface area contributed by atoms with Crippen LogP contribution in [-0.4, -0.2) is 99.0 Å². The van der Waals surface area contributed by atoms with Crippen LogP contribution < -0.4 is 9.46 Å². The summed E-state index contributed by atoms with van der Waals surface area (Å²) in [6.45, 7) is 11.6. The summed E-state index contributed by atoms with van der Waals surface area (Å²) in [7, 11) is -6.64. The van der Waals surface area contributed by atoms with Crippen molar-refractivity contribution < 1.29 is 45.3 Å².